The molecule has 2 aliphatic carbocycles. The van der Waals surface area contributed by atoms with Gasteiger partial charge in [-0.25, -0.2) is 0 Å². The fraction of sp³-hybridized carbons (Fsp3) is 0.450. The molecule has 3 amide bonds. The molecule has 1 aromatic carbocycles. The van der Waals surface area contributed by atoms with Crippen LogP contribution in [0.4, 0.5) is 10.8 Å². The molecule has 0 atom stereocenters. The Labute approximate surface area is 182 Å². The van der Waals surface area contributed by atoms with E-state index in [0.29, 0.717) is 27.1 Å². The molecule has 2 aromatic rings. The van der Waals surface area contributed by atoms with Gasteiger partial charge in [0, 0.05) is 18.5 Å². The maximum Gasteiger partial charge on any atom is 0.253 e. The number of carbonyl (C=O) groups is 3. The van der Waals surface area contributed by atoms with E-state index in [1.807, 2.05) is 6.92 Å². The molecule has 4 rings (SSSR count). The Hall–Kier alpha value is -2.46. The first kappa shape index (κ1) is 20.8. The third-order valence-electron chi connectivity index (χ3n) is 4.77. The minimum atomic E-state index is -0.230. The molecule has 0 radical (unpaired) electrons. The largest absolute Gasteiger partial charge is 0.349 e. The molecule has 158 valence electrons. The summed E-state index contributed by atoms with van der Waals surface area (Å²) in [5.41, 5.74) is 0.951. The fourth-order valence-corrected chi connectivity index (χ4v) is 4.65. The van der Waals surface area contributed by atoms with Gasteiger partial charge in [-0.3, -0.25) is 19.3 Å². The molecule has 0 saturated heterocycles. The Kier molecular flexibility index (Phi) is 6.33. The summed E-state index contributed by atoms with van der Waals surface area (Å²) < 4.78 is 0.634. The van der Waals surface area contributed by atoms with E-state index in [4.69, 9.17) is 0 Å². The average Bonchev–Trinajstić information content (AvgIpc) is 3.67. The molecule has 2 saturated carbocycles. The Morgan fingerprint density at radius 3 is 2.63 bits per heavy atom. The van der Waals surface area contributed by atoms with Crippen LogP contribution in [0.3, 0.4) is 0 Å². The van der Waals surface area contributed by atoms with Crippen LogP contribution in [0.25, 0.3) is 0 Å². The van der Waals surface area contributed by atoms with Crippen LogP contribution >= 0.6 is 23.1 Å². The summed E-state index contributed by atoms with van der Waals surface area (Å²) >= 11 is 2.59. The van der Waals surface area contributed by atoms with Crippen molar-refractivity contribution in [1.82, 2.24) is 15.5 Å². The van der Waals surface area contributed by atoms with Crippen molar-refractivity contribution >= 4 is 51.6 Å². The van der Waals surface area contributed by atoms with Gasteiger partial charge in [-0.1, -0.05) is 42.2 Å². The second-order valence-electron chi connectivity index (χ2n) is 7.33. The van der Waals surface area contributed by atoms with Crippen molar-refractivity contribution in [2.24, 2.45) is 0 Å². The standard InChI is InChI=1S/C20H23N5O3S2/c1-2-17(27)25(13-9-10-13)19-23-24-20(30-19)29-11-16(26)22-15-6-4-3-5-14(15)18(28)21-12-7-8-12/h3-6,12-13H,2,7-11H2,1H3,(H,21,28)(H,22,26). The lowest BCUT2D eigenvalue weighted by Gasteiger charge is -2.17. The molecule has 0 spiro atoms. The first-order chi connectivity index (χ1) is 14.5. The van der Waals surface area contributed by atoms with Gasteiger partial charge in [-0.15, -0.1) is 10.2 Å². The third kappa shape index (κ3) is 5.17. The van der Waals surface area contributed by atoms with Crippen LogP contribution in [0.1, 0.15) is 49.4 Å². The highest BCUT2D eigenvalue weighted by Gasteiger charge is 2.35. The third-order valence-corrected chi connectivity index (χ3v) is 6.83. The number of benzene rings is 1. The number of rotatable bonds is 9. The van der Waals surface area contributed by atoms with Gasteiger partial charge in [-0.2, -0.15) is 0 Å². The molecule has 8 nitrogen and oxygen atoms in total. The van der Waals surface area contributed by atoms with Crippen molar-refractivity contribution in [3.8, 4) is 0 Å². The Bertz CT molecular complexity index is 955. The molecule has 2 aliphatic rings. The van der Waals surface area contributed by atoms with Gasteiger partial charge in [-0.05, 0) is 37.8 Å². The van der Waals surface area contributed by atoms with Gasteiger partial charge in [0.05, 0.1) is 17.0 Å². The first-order valence-corrected chi connectivity index (χ1v) is 11.8. The molecule has 2 N–H and O–H groups in total. The summed E-state index contributed by atoms with van der Waals surface area (Å²) in [5, 5.41) is 14.6. The fourth-order valence-electron chi connectivity index (χ4n) is 2.92. The summed E-state index contributed by atoms with van der Waals surface area (Å²) in [5.74, 6) is -0.218. The van der Waals surface area contributed by atoms with Crippen molar-refractivity contribution in [2.45, 2.75) is 55.5 Å². The quantitative estimate of drug-likeness (QED) is 0.454. The summed E-state index contributed by atoms with van der Waals surface area (Å²) in [4.78, 5) is 38.7. The first-order valence-electron chi connectivity index (χ1n) is 10.0. The normalized spacial score (nSPS) is 15.5. The number of thioether (sulfide) groups is 1. The average molecular weight is 446 g/mol. The lowest BCUT2D eigenvalue weighted by molar-refractivity contribution is -0.118. The smallest absolute Gasteiger partial charge is 0.253 e. The van der Waals surface area contributed by atoms with Gasteiger partial charge >= 0.3 is 0 Å². The summed E-state index contributed by atoms with van der Waals surface area (Å²) in [6, 6.07) is 7.46. The highest BCUT2D eigenvalue weighted by molar-refractivity contribution is 8.01. The van der Waals surface area contributed by atoms with Crippen LogP contribution in [-0.4, -0.2) is 45.8 Å². The summed E-state index contributed by atoms with van der Waals surface area (Å²) in [7, 11) is 0. The van der Waals surface area contributed by atoms with E-state index in [-0.39, 0.29) is 35.6 Å². The number of amides is 3. The maximum atomic E-state index is 12.4. The minimum absolute atomic E-state index is 0.0454. The topological polar surface area (TPSA) is 104 Å². The number of para-hydroxylation sites is 1. The van der Waals surface area contributed by atoms with Crippen LogP contribution in [0.15, 0.2) is 28.6 Å². The summed E-state index contributed by atoms with van der Waals surface area (Å²) in [6.07, 6.45) is 4.41. The Balaban J connectivity index is 1.34. The van der Waals surface area contributed by atoms with E-state index >= 15 is 0 Å². The SMILES string of the molecule is CCC(=O)N(c1nnc(SCC(=O)Nc2ccccc2C(=O)NC2CC2)s1)C1CC1. The number of nitrogens with zero attached hydrogens (tertiary/aromatic N) is 3. The van der Waals surface area contributed by atoms with Gasteiger partial charge in [0.1, 0.15) is 0 Å². The molecular formula is C20H23N5O3S2. The van der Waals surface area contributed by atoms with E-state index in [0.717, 1.165) is 25.7 Å². The van der Waals surface area contributed by atoms with E-state index in [1.165, 1.54) is 23.1 Å². The van der Waals surface area contributed by atoms with E-state index in [1.54, 1.807) is 29.2 Å². The maximum absolute atomic E-state index is 12.4. The number of anilines is 2. The van der Waals surface area contributed by atoms with Crippen molar-refractivity contribution in [2.75, 3.05) is 16.0 Å². The molecule has 30 heavy (non-hydrogen) atoms. The molecule has 10 heteroatoms. The Morgan fingerprint density at radius 1 is 1.17 bits per heavy atom. The van der Waals surface area contributed by atoms with Crippen molar-refractivity contribution in [3.05, 3.63) is 29.8 Å². The van der Waals surface area contributed by atoms with Gasteiger partial charge < -0.3 is 10.6 Å². The Morgan fingerprint density at radius 2 is 1.93 bits per heavy atom. The number of nitrogens with one attached hydrogen (secondary N) is 2. The number of hydrogen-bond acceptors (Lipinski definition) is 7. The van der Waals surface area contributed by atoms with E-state index in [9.17, 15) is 14.4 Å². The van der Waals surface area contributed by atoms with Crippen molar-refractivity contribution < 1.29 is 14.4 Å². The van der Waals surface area contributed by atoms with Gasteiger partial charge in [0.15, 0.2) is 4.34 Å². The second-order valence-corrected chi connectivity index (χ2v) is 9.51. The van der Waals surface area contributed by atoms with Crippen LogP contribution < -0.4 is 15.5 Å². The number of carbonyl (C=O) groups excluding carboxylic acids is 3. The predicted octanol–water partition coefficient (Wildman–Crippen LogP) is 3.07. The lowest BCUT2D eigenvalue weighted by Crippen LogP contribution is -2.32. The van der Waals surface area contributed by atoms with Crippen molar-refractivity contribution in [3.63, 3.8) is 0 Å². The molecule has 0 unspecified atom stereocenters. The zero-order valence-electron chi connectivity index (χ0n) is 16.6. The lowest BCUT2D eigenvalue weighted by atomic mass is 10.1. The molecule has 0 aliphatic heterocycles. The molecule has 1 heterocycles. The van der Waals surface area contributed by atoms with Crippen molar-refractivity contribution in [1.29, 1.82) is 0 Å². The monoisotopic (exact) mass is 445 g/mol. The summed E-state index contributed by atoms with van der Waals surface area (Å²) in [6.45, 7) is 1.83. The molecule has 2 fully saturated rings. The zero-order valence-corrected chi connectivity index (χ0v) is 18.2. The molecule has 1 aromatic heterocycles. The van der Waals surface area contributed by atoms with Crippen LogP contribution in [0.5, 0.6) is 0 Å². The van der Waals surface area contributed by atoms with Crippen LogP contribution in [-0.2, 0) is 9.59 Å². The van der Waals surface area contributed by atoms with E-state index < -0.39 is 0 Å². The minimum Gasteiger partial charge on any atom is -0.349 e. The van der Waals surface area contributed by atoms with Crippen LogP contribution in [0.2, 0.25) is 0 Å². The number of hydrogen-bond donors (Lipinski definition) is 2. The highest BCUT2D eigenvalue weighted by atomic mass is 32.2. The zero-order chi connectivity index (χ0) is 21.1. The molecular weight excluding hydrogens is 422 g/mol. The van der Waals surface area contributed by atoms with Crippen LogP contribution in [0, 0.1) is 0 Å². The number of aromatic nitrogens is 2. The van der Waals surface area contributed by atoms with Gasteiger partial charge in [0.2, 0.25) is 16.9 Å². The highest BCUT2D eigenvalue weighted by Crippen LogP contribution is 2.36. The molecule has 0 bridgehead atoms. The predicted molar refractivity (Wildman–Crippen MR) is 117 cm³/mol. The second kappa shape index (κ2) is 9.13. The van der Waals surface area contributed by atoms with Gasteiger partial charge in [0.25, 0.3) is 5.91 Å². The van der Waals surface area contributed by atoms with E-state index in [2.05, 4.69) is 20.8 Å².